The van der Waals surface area contributed by atoms with Crippen molar-refractivity contribution in [1.29, 1.82) is 0 Å². The van der Waals surface area contributed by atoms with Crippen LogP contribution in [0.3, 0.4) is 0 Å². The van der Waals surface area contributed by atoms with Crippen molar-refractivity contribution in [3.8, 4) is 0 Å². The van der Waals surface area contributed by atoms with Crippen molar-refractivity contribution in [3.63, 3.8) is 0 Å². The van der Waals surface area contributed by atoms with E-state index in [1.807, 2.05) is 4.90 Å². The van der Waals surface area contributed by atoms with Crippen LogP contribution in [0.5, 0.6) is 0 Å². The predicted molar refractivity (Wildman–Crippen MR) is 90.0 cm³/mol. The molecule has 3 heterocycles. The van der Waals surface area contributed by atoms with Crippen molar-refractivity contribution in [1.82, 2.24) is 24.3 Å². The molecule has 140 valence electrons. The lowest BCUT2D eigenvalue weighted by Crippen LogP contribution is -2.51. The summed E-state index contributed by atoms with van der Waals surface area (Å²) in [5.41, 5.74) is 0. The first kappa shape index (κ1) is 18.3. The highest BCUT2D eigenvalue weighted by Gasteiger charge is 2.32. The van der Waals surface area contributed by atoms with Gasteiger partial charge in [-0.25, -0.2) is 12.7 Å². The third-order valence-corrected chi connectivity index (χ3v) is 6.19. The van der Waals surface area contributed by atoms with Gasteiger partial charge in [-0.2, -0.15) is 0 Å². The molecule has 2 saturated heterocycles. The quantitative estimate of drug-likeness (QED) is 0.716. The highest BCUT2D eigenvalue weighted by atomic mass is 32.2. The van der Waals surface area contributed by atoms with Gasteiger partial charge in [0.2, 0.25) is 27.7 Å². The van der Waals surface area contributed by atoms with E-state index in [1.54, 1.807) is 6.92 Å². The number of hydrogen-bond donors (Lipinski definition) is 0. The molecule has 0 aromatic carbocycles. The van der Waals surface area contributed by atoms with E-state index in [1.165, 1.54) is 10.6 Å². The number of amides is 1. The zero-order chi connectivity index (χ0) is 18.0. The zero-order valence-corrected chi connectivity index (χ0v) is 15.5. The molecule has 2 fully saturated rings. The maximum absolute atomic E-state index is 12.7. The van der Waals surface area contributed by atoms with E-state index in [0.717, 1.165) is 13.1 Å². The predicted octanol–water partition coefficient (Wildman–Crippen LogP) is -0.306. The number of sulfonamides is 1. The molecule has 1 aromatic heterocycles. The molecule has 0 bridgehead atoms. The standard InChI is InChI=1S/C15H25N5O4S/c1-12-16-17-14(24-12)11-18-7-9-19(10-8-18)15(21)13-3-5-20(6-4-13)25(2,22)23/h13H,3-11H2,1-2H3. The first-order valence-corrected chi connectivity index (χ1v) is 10.4. The van der Waals surface area contributed by atoms with Gasteiger partial charge in [-0.1, -0.05) is 0 Å². The first-order chi connectivity index (χ1) is 11.8. The van der Waals surface area contributed by atoms with Gasteiger partial charge in [0.1, 0.15) is 0 Å². The molecule has 1 aromatic rings. The Bertz CT molecular complexity index is 703. The van der Waals surface area contributed by atoms with Crippen molar-refractivity contribution in [2.75, 3.05) is 45.5 Å². The molecule has 0 aliphatic carbocycles. The largest absolute Gasteiger partial charge is 0.424 e. The Morgan fingerprint density at radius 1 is 1.12 bits per heavy atom. The number of rotatable bonds is 4. The summed E-state index contributed by atoms with van der Waals surface area (Å²) in [6.07, 6.45) is 2.43. The number of aryl methyl sites for hydroxylation is 1. The fourth-order valence-corrected chi connectivity index (χ4v) is 4.29. The van der Waals surface area contributed by atoms with Crippen LogP contribution in [0.1, 0.15) is 24.6 Å². The zero-order valence-electron chi connectivity index (χ0n) is 14.7. The van der Waals surface area contributed by atoms with Gasteiger partial charge in [-0.05, 0) is 12.8 Å². The van der Waals surface area contributed by atoms with E-state index in [4.69, 9.17) is 4.42 Å². The van der Waals surface area contributed by atoms with Crippen LogP contribution < -0.4 is 0 Å². The normalized spacial score (nSPS) is 21.6. The summed E-state index contributed by atoms with van der Waals surface area (Å²) < 4.78 is 30.0. The minimum atomic E-state index is -3.15. The van der Waals surface area contributed by atoms with E-state index in [-0.39, 0.29) is 11.8 Å². The van der Waals surface area contributed by atoms with Crippen LogP contribution in [0.2, 0.25) is 0 Å². The Morgan fingerprint density at radius 3 is 2.28 bits per heavy atom. The second kappa shape index (κ2) is 7.38. The molecule has 0 atom stereocenters. The molecule has 0 radical (unpaired) electrons. The van der Waals surface area contributed by atoms with E-state index < -0.39 is 10.0 Å². The smallest absolute Gasteiger partial charge is 0.230 e. The number of piperazine rings is 1. The number of hydrogen-bond acceptors (Lipinski definition) is 7. The van der Waals surface area contributed by atoms with Gasteiger partial charge in [0.15, 0.2) is 0 Å². The summed E-state index contributed by atoms with van der Waals surface area (Å²) in [4.78, 5) is 16.8. The summed E-state index contributed by atoms with van der Waals surface area (Å²) in [7, 11) is -3.15. The number of carbonyl (C=O) groups is 1. The highest BCUT2D eigenvalue weighted by molar-refractivity contribution is 7.88. The lowest BCUT2D eigenvalue weighted by atomic mass is 9.96. The first-order valence-electron chi connectivity index (χ1n) is 8.58. The molecule has 0 N–H and O–H groups in total. The Labute approximate surface area is 148 Å². The third kappa shape index (κ3) is 4.56. The van der Waals surface area contributed by atoms with Crippen molar-refractivity contribution < 1.29 is 17.6 Å². The lowest BCUT2D eigenvalue weighted by molar-refractivity contribution is -0.138. The van der Waals surface area contributed by atoms with Gasteiger partial charge >= 0.3 is 0 Å². The molecule has 9 nitrogen and oxygen atoms in total. The molecular weight excluding hydrogens is 346 g/mol. The number of piperidine rings is 1. The number of aromatic nitrogens is 2. The van der Waals surface area contributed by atoms with Crippen molar-refractivity contribution in [2.24, 2.45) is 5.92 Å². The fourth-order valence-electron chi connectivity index (χ4n) is 3.41. The average molecular weight is 371 g/mol. The summed E-state index contributed by atoms with van der Waals surface area (Å²) in [6, 6.07) is 0. The summed E-state index contributed by atoms with van der Waals surface area (Å²) in [6.45, 7) is 6.15. The van der Waals surface area contributed by atoms with Crippen LogP contribution in [0.25, 0.3) is 0 Å². The molecule has 3 rings (SSSR count). The van der Waals surface area contributed by atoms with Crippen LogP contribution in [0, 0.1) is 12.8 Å². The number of nitrogens with zero attached hydrogens (tertiary/aromatic N) is 5. The topological polar surface area (TPSA) is 99.9 Å². The van der Waals surface area contributed by atoms with Gasteiger partial charge in [-0.3, -0.25) is 9.69 Å². The molecule has 2 aliphatic rings. The molecule has 0 unspecified atom stereocenters. The van der Waals surface area contributed by atoms with E-state index >= 15 is 0 Å². The fraction of sp³-hybridized carbons (Fsp3) is 0.800. The lowest BCUT2D eigenvalue weighted by Gasteiger charge is -2.37. The van der Waals surface area contributed by atoms with Gasteiger partial charge < -0.3 is 9.32 Å². The van der Waals surface area contributed by atoms with E-state index in [0.29, 0.717) is 57.3 Å². The average Bonchev–Trinajstić information content (AvgIpc) is 2.99. The second-order valence-electron chi connectivity index (χ2n) is 6.75. The van der Waals surface area contributed by atoms with Crippen LogP contribution in [-0.4, -0.2) is 84.2 Å². The van der Waals surface area contributed by atoms with Crippen molar-refractivity contribution >= 4 is 15.9 Å². The number of carbonyl (C=O) groups excluding carboxylic acids is 1. The molecule has 0 saturated carbocycles. The van der Waals surface area contributed by atoms with Crippen LogP contribution >= 0.6 is 0 Å². The molecule has 2 aliphatic heterocycles. The van der Waals surface area contributed by atoms with Gasteiger partial charge in [0, 0.05) is 52.1 Å². The Hall–Kier alpha value is -1.52. The van der Waals surface area contributed by atoms with Crippen LogP contribution in [0.15, 0.2) is 4.42 Å². The van der Waals surface area contributed by atoms with E-state index in [2.05, 4.69) is 15.1 Å². The highest BCUT2D eigenvalue weighted by Crippen LogP contribution is 2.22. The van der Waals surface area contributed by atoms with Crippen molar-refractivity contribution in [3.05, 3.63) is 11.8 Å². The third-order valence-electron chi connectivity index (χ3n) is 4.88. The minimum Gasteiger partial charge on any atom is -0.424 e. The maximum Gasteiger partial charge on any atom is 0.230 e. The Balaban J connectivity index is 1.46. The monoisotopic (exact) mass is 371 g/mol. The molecule has 25 heavy (non-hydrogen) atoms. The minimum absolute atomic E-state index is 0.0665. The summed E-state index contributed by atoms with van der Waals surface area (Å²) in [5.74, 6) is 1.25. The summed E-state index contributed by atoms with van der Waals surface area (Å²) >= 11 is 0. The second-order valence-corrected chi connectivity index (χ2v) is 8.74. The SMILES string of the molecule is Cc1nnc(CN2CCN(C(=O)C3CCN(S(C)(=O)=O)CC3)CC2)o1. The van der Waals surface area contributed by atoms with Gasteiger partial charge in [0.25, 0.3) is 0 Å². The van der Waals surface area contributed by atoms with Gasteiger partial charge in [0.05, 0.1) is 12.8 Å². The Morgan fingerprint density at radius 2 is 1.76 bits per heavy atom. The molecular formula is C15H25N5O4S. The molecule has 1 amide bonds. The van der Waals surface area contributed by atoms with Crippen LogP contribution in [-0.2, 0) is 21.4 Å². The van der Waals surface area contributed by atoms with Crippen molar-refractivity contribution in [2.45, 2.75) is 26.3 Å². The van der Waals surface area contributed by atoms with Gasteiger partial charge in [-0.15, -0.1) is 10.2 Å². The summed E-state index contributed by atoms with van der Waals surface area (Å²) in [5, 5.41) is 7.83. The van der Waals surface area contributed by atoms with E-state index in [9.17, 15) is 13.2 Å². The molecule has 0 spiro atoms. The molecule has 10 heteroatoms. The maximum atomic E-state index is 12.7. The Kier molecular flexibility index (Phi) is 5.40. The van der Waals surface area contributed by atoms with Crippen LogP contribution in [0.4, 0.5) is 0 Å².